The Balaban J connectivity index is 1.88. The summed E-state index contributed by atoms with van der Waals surface area (Å²) in [4.78, 5) is 4.41. The van der Waals surface area contributed by atoms with Crippen molar-refractivity contribution in [3.8, 4) is 0 Å². The van der Waals surface area contributed by atoms with Crippen LogP contribution in [0.25, 0.3) is 0 Å². The zero-order valence-electron chi connectivity index (χ0n) is 10.5. The maximum atomic E-state index is 4.41. The molecule has 0 amide bonds. The monoisotopic (exact) mass is 296 g/mol. The summed E-state index contributed by atoms with van der Waals surface area (Å²) in [5, 5.41) is 3.55. The first-order valence-corrected chi connectivity index (χ1v) is 7.42. The quantitative estimate of drug-likeness (QED) is 0.654. The standard InChI is InChI=1S/C14H21BrN2/c1-11-13(8-9-14(15)17-11)16-10-12-6-4-2-3-5-7-12/h8-9,12,16H,2-7,10H2,1H3. The molecule has 2 nitrogen and oxygen atoms in total. The summed E-state index contributed by atoms with van der Waals surface area (Å²) in [5.41, 5.74) is 2.26. The summed E-state index contributed by atoms with van der Waals surface area (Å²) in [6.07, 6.45) is 8.44. The Kier molecular flexibility index (Phi) is 4.84. The third-order valence-electron chi connectivity index (χ3n) is 3.61. The highest BCUT2D eigenvalue weighted by atomic mass is 79.9. The zero-order valence-corrected chi connectivity index (χ0v) is 12.1. The van der Waals surface area contributed by atoms with E-state index in [0.29, 0.717) is 0 Å². The largest absolute Gasteiger partial charge is 0.383 e. The van der Waals surface area contributed by atoms with E-state index in [4.69, 9.17) is 0 Å². The Hall–Kier alpha value is -0.570. The molecule has 0 aliphatic heterocycles. The topological polar surface area (TPSA) is 24.9 Å². The number of nitrogens with zero attached hydrogens (tertiary/aromatic N) is 1. The molecule has 0 aromatic carbocycles. The lowest BCUT2D eigenvalue weighted by Crippen LogP contribution is -2.14. The van der Waals surface area contributed by atoms with Gasteiger partial charge in [-0.1, -0.05) is 25.7 Å². The van der Waals surface area contributed by atoms with Gasteiger partial charge < -0.3 is 5.32 Å². The van der Waals surface area contributed by atoms with Crippen LogP contribution < -0.4 is 5.32 Å². The summed E-state index contributed by atoms with van der Waals surface area (Å²) in [5.74, 6) is 0.848. The van der Waals surface area contributed by atoms with Crippen molar-refractivity contribution in [2.75, 3.05) is 11.9 Å². The normalized spacial score (nSPS) is 17.8. The number of hydrogen-bond donors (Lipinski definition) is 1. The molecule has 0 saturated heterocycles. The lowest BCUT2D eigenvalue weighted by atomic mass is 10.0. The molecule has 0 bridgehead atoms. The highest BCUT2D eigenvalue weighted by molar-refractivity contribution is 9.10. The number of halogens is 1. The van der Waals surface area contributed by atoms with Crippen LogP contribution in [0.3, 0.4) is 0 Å². The number of pyridine rings is 1. The Labute approximate surface area is 112 Å². The van der Waals surface area contributed by atoms with Gasteiger partial charge in [0.2, 0.25) is 0 Å². The van der Waals surface area contributed by atoms with Crippen molar-refractivity contribution in [1.82, 2.24) is 4.98 Å². The predicted octanol–water partition coefficient (Wildman–Crippen LogP) is 4.53. The molecule has 0 radical (unpaired) electrons. The van der Waals surface area contributed by atoms with Gasteiger partial charge in [-0.05, 0) is 53.7 Å². The maximum absolute atomic E-state index is 4.41. The molecule has 94 valence electrons. The summed E-state index contributed by atoms with van der Waals surface area (Å²) < 4.78 is 0.912. The van der Waals surface area contributed by atoms with Gasteiger partial charge in [-0.2, -0.15) is 0 Å². The number of anilines is 1. The fourth-order valence-corrected chi connectivity index (χ4v) is 2.94. The number of rotatable bonds is 3. The molecular formula is C14H21BrN2. The van der Waals surface area contributed by atoms with Crippen LogP contribution in [-0.4, -0.2) is 11.5 Å². The predicted molar refractivity (Wildman–Crippen MR) is 76.4 cm³/mol. The number of aromatic nitrogens is 1. The van der Waals surface area contributed by atoms with Gasteiger partial charge in [-0.15, -0.1) is 0 Å². The molecule has 1 heterocycles. The molecule has 0 unspecified atom stereocenters. The molecule has 17 heavy (non-hydrogen) atoms. The summed E-state index contributed by atoms with van der Waals surface area (Å²) in [6, 6.07) is 4.12. The van der Waals surface area contributed by atoms with Crippen LogP contribution >= 0.6 is 15.9 Å². The fraction of sp³-hybridized carbons (Fsp3) is 0.643. The summed E-state index contributed by atoms with van der Waals surface area (Å²) in [7, 11) is 0. The van der Waals surface area contributed by atoms with E-state index in [0.717, 1.165) is 22.8 Å². The second-order valence-corrected chi connectivity index (χ2v) is 5.82. The van der Waals surface area contributed by atoms with Crippen molar-refractivity contribution >= 4 is 21.6 Å². The molecule has 1 saturated carbocycles. The van der Waals surface area contributed by atoms with Crippen LogP contribution in [0.2, 0.25) is 0 Å². The van der Waals surface area contributed by atoms with Gasteiger partial charge in [0.25, 0.3) is 0 Å². The van der Waals surface area contributed by atoms with E-state index in [1.54, 1.807) is 0 Å². The van der Waals surface area contributed by atoms with Crippen LogP contribution in [-0.2, 0) is 0 Å². The highest BCUT2D eigenvalue weighted by Gasteiger charge is 2.12. The minimum absolute atomic E-state index is 0.848. The van der Waals surface area contributed by atoms with Gasteiger partial charge in [-0.3, -0.25) is 0 Å². The molecular weight excluding hydrogens is 276 g/mol. The molecule has 0 atom stereocenters. The summed E-state index contributed by atoms with van der Waals surface area (Å²) in [6.45, 7) is 3.16. The number of nitrogens with one attached hydrogen (secondary N) is 1. The molecule has 2 rings (SSSR count). The lowest BCUT2D eigenvalue weighted by Gasteiger charge is -2.16. The van der Waals surface area contributed by atoms with Gasteiger partial charge in [0, 0.05) is 6.54 Å². The van der Waals surface area contributed by atoms with E-state index in [1.165, 1.54) is 44.2 Å². The third-order valence-corrected chi connectivity index (χ3v) is 4.05. The molecule has 1 fully saturated rings. The first-order valence-electron chi connectivity index (χ1n) is 6.63. The maximum Gasteiger partial charge on any atom is 0.106 e. The second-order valence-electron chi connectivity index (χ2n) is 5.01. The van der Waals surface area contributed by atoms with Crippen LogP contribution in [0, 0.1) is 12.8 Å². The Morgan fingerprint density at radius 3 is 2.59 bits per heavy atom. The highest BCUT2D eigenvalue weighted by Crippen LogP contribution is 2.24. The number of hydrogen-bond acceptors (Lipinski definition) is 2. The fourth-order valence-electron chi connectivity index (χ4n) is 2.54. The van der Waals surface area contributed by atoms with Crippen LogP contribution in [0.15, 0.2) is 16.7 Å². The molecule has 1 N–H and O–H groups in total. The van der Waals surface area contributed by atoms with Gasteiger partial charge in [0.05, 0.1) is 11.4 Å². The Bertz CT molecular complexity index is 357. The van der Waals surface area contributed by atoms with Crippen molar-refractivity contribution in [3.05, 3.63) is 22.4 Å². The average molecular weight is 297 g/mol. The van der Waals surface area contributed by atoms with Crippen molar-refractivity contribution in [1.29, 1.82) is 0 Å². The smallest absolute Gasteiger partial charge is 0.106 e. The van der Waals surface area contributed by atoms with Crippen molar-refractivity contribution in [2.24, 2.45) is 5.92 Å². The first-order chi connectivity index (χ1) is 8.25. The van der Waals surface area contributed by atoms with Gasteiger partial charge in [-0.25, -0.2) is 4.98 Å². The third kappa shape index (κ3) is 3.98. The van der Waals surface area contributed by atoms with Crippen molar-refractivity contribution in [2.45, 2.75) is 45.4 Å². The van der Waals surface area contributed by atoms with E-state index >= 15 is 0 Å². The SMILES string of the molecule is Cc1nc(Br)ccc1NCC1CCCCCC1. The lowest BCUT2D eigenvalue weighted by molar-refractivity contribution is 0.483. The number of aryl methyl sites for hydroxylation is 1. The zero-order chi connectivity index (χ0) is 12.1. The van der Waals surface area contributed by atoms with E-state index in [1.807, 2.05) is 6.07 Å². The molecule has 1 aromatic heterocycles. The van der Waals surface area contributed by atoms with Crippen LogP contribution in [0.1, 0.15) is 44.2 Å². The average Bonchev–Trinajstić information content (AvgIpc) is 2.56. The molecule has 0 spiro atoms. The van der Waals surface area contributed by atoms with E-state index in [2.05, 4.69) is 39.2 Å². The van der Waals surface area contributed by atoms with Crippen LogP contribution in [0.4, 0.5) is 5.69 Å². The van der Waals surface area contributed by atoms with Crippen LogP contribution in [0.5, 0.6) is 0 Å². The minimum Gasteiger partial charge on any atom is -0.383 e. The second kappa shape index (κ2) is 6.39. The molecule has 1 aromatic rings. The van der Waals surface area contributed by atoms with Gasteiger partial charge >= 0.3 is 0 Å². The van der Waals surface area contributed by atoms with E-state index < -0.39 is 0 Å². The molecule has 3 heteroatoms. The summed E-state index contributed by atoms with van der Waals surface area (Å²) >= 11 is 3.40. The molecule has 1 aliphatic rings. The Morgan fingerprint density at radius 2 is 1.94 bits per heavy atom. The van der Waals surface area contributed by atoms with Crippen molar-refractivity contribution < 1.29 is 0 Å². The van der Waals surface area contributed by atoms with Crippen molar-refractivity contribution in [3.63, 3.8) is 0 Å². The first kappa shape index (κ1) is 12.9. The van der Waals surface area contributed by atoms with E-state index in [9.17, 15) is 0 Å². The van der Waals surface area contributed by atoms with Gasteiger partial charge in [0.1, 0.15) is 4.60 Å². The van der Waals surface area contributed by atoms with E-state index in [-0.39, 0.29) is 0 Å². The van der Waals surface area contributed by atoms with Gasteiger partial charge in [0.15, 0.2) is 0 Å². The minimum atomic E-state index is 0.848. The Morgan fingerprint density at radius 1 is 1.24 bits per heavy atom. The molecule has 1 aliphatic carbocycles.